The van der Waals surface area contributed by atoms with E-state index < -0.39 is 0 Å². The highest BCUT2D eigenvalue weighted by Gasteiger charge is 2.24. The van der Waals surface area contributed by atoms with E-state index in [-0.39, 0.29) is 30.0 Å². The zero-order valence-corrected chi connectivity index (χ0v) is 18.8. The van der Waals surface area contributed by atoms with Gasteiger partial charge in [0, 0.05) is 32.6 Å². The fraction of sp³-hybridized carbons (Fsp3) is 0.625. The highest BCUT2D eigenvalue weighted by Crippen LogP contribution is 2.23. The van der Waals surface area contributed by atoms with Crippen LogP contribution in [0.2, 0.25) is 0 Å². The van der Waals surface area contributed by atoms with E-state index in [0.29, 0.717) is 6.54 Å². The molecule has 0 bridgehead atoms. The minimum atomic E-state index is 0. The number of hydrogen-bond acceptors (Lipinski definition) is 6. The quantitative estimate of drug-likeness (QED) is 0.381. The van der Waals surface area contributed by atoms with Crippen LogP contribution in [0.4, 0.5) is 5.13 Å². The van der Waals surface area contributed by atoms with Crippen molar-refractivity contribution in [1.29, 1.82) is 0 Å². The van der Waals surface area contributed by atoms with Gasteiger partial charge in [0.25, 0.3) is 0 Å². The predicted molar refractivity (Wildman–Crippen MR) is 117 cm³/mol. The fourth-order valence-corrected chi connectivity index (χ4v) is 3.57. The van der Waals surface area contributed by atoms with Gasteiger partial charge in [-0.25, -0.2) is 19.6 Å². The number of halogens is 1. The lowest BCUT2D eigenvalue weighted by atomic mass is 10.1. The van der Waals surface area contributed by atoms with Gasteiger partial charge in [-0.3, -0.25) is 0 Å². The van der Waals surface area contributed by atoms with Gasteiger partial charge >= 0.3 is 0 Å². The van der Waals surface area contributed by atoms with Crippen LogP contribution in [-0.2, 0) is 13.1 Å². The van der Waals surface area contributed by atoms with Gasteiger partial charge in [0.05, 0.1) is 18.3 Å². The van der Waals surface area contributed by atoms with E-state index in [2.05, 4.69) is 38.0 Å². The van der Waals surface area contributed by atoms with Crippen molar-refractivity contribution in [2.24, 2.45) is 4.99 Å². The van der Waals surface area contributed by atoms with Crippen molar-refractivity contribution in [3.05, 3.63) is 22.7 Å². The lowest BCUT2D eigenvalue weighted by Crippen LogP contribution is -2.41. The van der Waals surface area contributed by atoms with Gasteiger partial charge < -0.3 is 15.5 Å². The molecule has 0 amide bonds. The minimum absolute atomic E-state index is 0. The van der Waals surface area contributed by atoms with E-state index in [9.17, 15) is 0 Å². The molecule has 2 aromatic rings. The number of nitrogens with zero attached hydrogens (tertiary/aromatic N) is 6. The zero-order chi connectivity index (χ0) is 17.8. The molecule has 8 nitrogen and oxygen atoms in total. The second-order valence-electron chi connectivity index (χ2n) is 6.29. The molecule has 2 N–H and O–H groups in total. The lowest BCUT2D eigenvalue weighted by molar-refractivity contribution is 0.397. The zero-order valence-electron chi connectivity index (χ0n) is 15.7. The van der Waals surface area contributed by atoms with Crippen LogP contribution < -0.4 is 15.5 Å². The smallest absolute Gasteiger partial charge is 0.192 e. The molecule has 0 radical (unpaired) electrons. The third-order valence-corrected chi connectivity index (χ3v) is 5.01. The van der Waals surface area contributed by atoms with Crippen LogP contribution in [0.5, 0.6) is 0 Å². The topological polar surface area (TPSA) is 83.3 Å². The number of fused-ring (bicyclic) bond motifs is 1. The Balaban J connectivity index is 0.00000243. The monoisotopic (exact) mass is 490 g/mol. The summed E-state index contributed by atoms with van der Waals surface area (Å²) in [5.74, 6) is 2.61. The number of guanidine groups is 1. The summed E-state index contributed by atoms with van der Waals surface area (Å²) in [5, 5.41) is 14.3. The Bertz CT molecular complexity index is 738. The summed E-state index contributed by atoms with van der Waals surface area (Å²) in [7, 11) is 4.00. The average Bonchev–Trinajstić information content (AvgIpc) is 3.19. The van der Waals surface area contributed by atoms with E-state index >= 15 is 0 Å². The van der Waals surface area contributed by atoms with Gasteiger partial charge in [-0.05, 0) is 26.7 Å². The highest BCUT2D eigenvalue weighted by molar-refractivity contribution is 14.0. The van der Waals surface area contributed by atoms with Crippen LogP contribution in [0.25, 0.3) is 0 Å². The Hall–Kier alpha value is -1.43. The summed E-state index contributed by atoms with van der Waals surface area (Å²) >= 11 is 1.63. The summed E-state index contributed by atoms with van der Waals surface area (Å²) in [6, 6.07) is 0.139. The molecular weight excluding hydrogens is 463 g/mol. The maximum atomic E-state index is 4.69. The van der Waals surface area contributed by atoms with E-state index in [0.717, 1.165) is 54.4 Å². The van der Waals surface area contributed by atoms with Crippen LogP contribution in [0.15, 0.2) is 10.4 Å². The molecule has 0 spiro atoms. The molecule has 0 aromatic carbocycles. The fourth-order valence-electron chi connectivity index (χ4n) is 2.82. The lowest BCUT2D eigenvalue weighted by Gasteiger charge is -2.24. The first-order valence-electron chi connectivity index (χ1n) is 8.64. The molecule has 144 valence electrons. The van der Waals surface area contributed by atoms with Crippen molar-refractivity contribution in [3.63, 3.8) is 0 Å². The molecule has 3 rings (SSSR count). The Labute approximate surface area is 175 Å². The first-order valence-corrected chi connectivity index (χ1v) is 9.52. The number of thiazole rings is 1. The van der Waals surface area contributed by atoms with Gasteiger partial charge in [-0.2, -0.15) is 5.10 Å². The number of nitrogens with one attached hydrogen (secondary N) is 2. The molecule has 0 saturated carbocycles. The van der Waals surface area contributed by atoms with Crippen LogP contribution in [-0.4, -0.2) is 46.3 Å². The number of aryl methyl sites for hydroxylation is 2. The van der Waals surface area contributed by atoms with Crippen LogP contribution in [0, 0.1) is 6.92 Å². The summed E-state index contributed by atoms with van der Waals surface area (Å²) in [4.78, 5) is 15.9. The maximum absolute atomic E-state index is 4.69. The van der Waals surface area contributed by atoms with Crippen molar-refractivity contribution in [1.82, 2.24) is 30.4 Å². The van der Waals surface area contributed by atoms with E-state index in [1.54, 1.807) is 11.3 Å². The van der Waals surface area contributed by atoms with Crippen molar-refractivity contribution < 1.29 is 0 Å². The van der Waals surface area contributed by atoms with Crippen LogP contribution in [0.1, 0.15) is 43.1 Å². The molecular formula is C16H27IN8S. The molecule has 1 atom stereocenters. The highest BCUT2D eigenvalue weighted by atomic mass is 127. The van der Waals surface area contributed by atoms with Crippen molar-refractivity contribution >= 4 is 46.4 Å². The molecule has 26 heavy (non-hydrogen) atoms. The number of aliphatic imine (C=N–C) groups is 1. The largest absolute Gasteiger partial charge is 0.357 e. The molecule has 1 aliphatic heterocycles. The summed E-state index contributed by atoms with van der Waals surface area (Å²) in [6.07, 6.45) is 2.12. The molecule has 2 aromatic heterocycles. The Morgan fingerprint density at radius 1 is 1.42 bits per heavy atom. The third-order valence-electron chi connectivity index (χ3n) is 3.96. The predicted octanol–water partition coefficient (Wildman–Crippen LogP) is 2.32. The molecule has 3 heterocycles. The second-order valence-corrected chi connectivity index (χ2v) is 7.13. The van der Waals surface area contributed by atoms with Crippen LogP contribution in [0.3, 0.4) is 0 Å². The van der Waals surface area contributed by atoms with Gasteiger partial charge in [-0.1, -0.05) is 0 Å². The molecule has 10 heteroatoms. The van der Waals surface area contributed by atoms with E-state index in [1.807, 2.05) is 30.6 Å². The Morgan fingerprint density at radius 2 is 2.23 bits per heavy atom. The first-order chi connectivity index (χ1) is 12.1. The Morgan fingerprint density at radius 3 is 2.92 bits per heavy atom. The minimum Gasteiger partial charge on any atom is -0.357 e. The summed E-state index contributed by atoms with van der Waals surface area (Å²) in [5.41, 5.74) is 0.980. The molecule has 0 fully saturated rings. The number of aromatic nitrogens is 4. The van der Waals surface area contributed by atoms with Crippen molar-refractivity contribution in [2.45, 2.75) is 45.8 Å². The average molecular weight is 490 g/mol. The molecule has 1 aliphatic rings. The van der Waals surface area contributed by atoms with Crippen molar-refractivity contribution in [3.8, 4) is 0 Å². The van der Waals surface area contributed by atoms with Crippen molar-refractivity contribution in [2.75, 3.05) is 25.5 Å². The van der Waals surface area contributed by atoms with Gasteiger partial charge in [-0.15, -0.1) is 35.3 Å². The molecule has 1 unspecified atom stereocenters. The Kier molecular flexibility index (Phi) is 7.62. The van der Waals surface area contributed by atoms with E-state index in [1.165, 1.54) is 0 Å². The summed E-state index contributed by atoms with van der Waals surface area (Å²) < 4.78 is 2.00. The van der Waals surface area contributed by atoms with Gasteiger partial charge in [0.2, 0.25) is 0 Å². The number of anilines is 1. The summed E-state index contributed by atoms with van der Waals surface area (Å²) in [6.45, 7) is 6.31. The van der Waals surface area contributed by atoms with E-state index in [4.69, 9.17) is 4.99 Å². The maximum Gasteiger partial charge on any atom is 0.192 e. The normalized spacial score (nSPS) is 16.6. The van der Waals surface area contributed by atoms with Gasteiger partial charge in [0.1, 0.15) is 11.6 Å². The molecule has 0 aliphatic carbocycles. The number of rotatable bonds is 5. The number of hydrogen-bond donors (Lipinski definition) is 2. The first kappa shape index (κ1) is 20.9. The second kappa shape index (κ2) is 9.49. The van der Waals surface area contributed by atoms with Gasteiger partial charge in [0.15, 0.2) is 11.1 Å². The standard InChI is InChI=1S/C16H26N8S.HI/c1-5-17-15(18-9-12-10-25-16(20-12)23(3)4)21-13-7-6-8-24-14(13)19-11(2)22-24;/h10,13H,5-9H2,1-4H3,(H2,17,18,21);1H. The third kappa shape index (κ3) is 5.06. The molecule has 0 saturated heterocycles. The SMILES string of the molecule is CCNC(=NCc1csc(N(C)C)n1)NC1CCCn2nc(C)nc21.I. The van der Waals surface area contributed by atoms with Crippen LogP contribution >= 0.6 is 35.3 Å².